The molecule has 152 valence electrons. The Morgan fingerprint density at radius 2 is 1.86 bits per heavy atom. The zero-order chi connectivity index (χ0) is 19.7. The van der Waals surface area contributed by atoms with Gasteiger partial charge < -0.3 is 15.0 Å². The number of nitrogens with one attached hydrogen (secondary N) is 1. The molecule has 4 rings (SSSR count). The number of carbonyl (C=O) groups is 3. The van der Waals surface area contributed by atoms with Crippen LogP contribution in [0.4, 0.5) is 5.00 Å². The molecule has 1 aliphatic heterocycles. The molecule has 2 amide bonds. The van der Waals surface area contributed by atoms with Gasteiger partial charge in [-0.2, -0.15) is 0 Å². The Balaban J connectivity index is 1.58. The van der Waals surface area contributed by atoms with E-state index in [2.05, 4.69) is 5.32 Å². The molecule has 0 unspecified atom stereocenters. The summed E-state index contributed by atoms with van der Waals surface area (Å²) in [5, 5.41) is 3.61. The highest BCUT2D eigenvalue weighted by atomic mass is 32.1. The van der Waals surface area contributed by atoms with E-state index in [0.29, 0.717) is 30.0 Å². The molecule has 2 fully saturated rings. The lowest BCUT2D eigenvalue weighted by Crippen LogP contribution is -2.46. The molecule has 2 aliphatic carbocycles. The minimum atomic E-state index is -0.426. The number of amides is 2. The molecular formula is C21H28N2O4S. The standard InChI is InChI=1S/C21H28N2O4S/c1-2-27-21(26)18-14-9-5-6-10-16(14)28-20(18)22-19(25)15-11-12-17(24)23(15)13-7-3-4-8-13/h13,15H,2-12H2,1H3,(H,22,25)/t15-/m0/s1. The van der Waals surface area contributed by atoms with E-state index in [4.69, 9.17) is 4.74 Å². The van der Waals surface area contributed by atoms with Crippen LogP contribution in [0, 0.1) is 0 Å². The molecular weight excluding hydrogens is 376 g/mol. The fraction of sp³-hybridized carbons (Fsp3) is 0.667. The van der Waals surface area contributed by atoms with Gasteiger partial charge in [0.25, 0.3) is 0 Å². The van der Waals surface area contributed by atoms with Gasteiger partial charge >= 0.3 is 5.97 Å². The van der Waals surface area contributed by atoms with Crippen molar-refractivity contribution in [2.75, 3.05) is 11.9 Å². The third-order valence-electron chi connectivity index (χ3n) is 6.16. The van der Waals surface area contributed by atoms with Crippen molar-refractivity contribution in [3.8, 4) is 0 Å². The second-order valence-electron chi connectivity index (χ2n) is 7.92. The zero-order valence-electron chi connectivity index (χ0n) is 16.4. The van der Waals surface area contributed by atoms with E-state index < -0.39 is 6.04 Å². The lowest BCUT2D eigenvalue weighted by molar-refractivity contribution is -0.135. The van der Waals surface area contributed by atoms with Crippen LogP contribution in [0.2, 0.25) is 0 Å². The molecule has 1 N–H and O–H groups in total. The lowest BCUT2D eigenvalue weighted by atomic mass is 9.95. The van der Waals surface area contributed by atoms with Gasteiger partial charge in [-0.05, 0) is 57.4 Å². The van der Waals surface area contributed by atoms with Crippen LogP contribution in [-0.4, -0.2) is 41.4 Å². The van der Waals surface area contributed by atoms with E-state index in [-0.39, 0.29) is 23.8 Å². The molecule has 1 aromatic rings. The predicted octanol–water partition coefficient (Wildman–Crippen LogP) is 3.68. The molecule has 7 heteroatoms. The molecule has 3 aliphatic rings. The zero-order valence-corrected chi connectivity index (χ0v) is 17.2. The second kappa shape index (κ2) is 8.23. The van der Waals surface area contributed by atoms with Gasteiger partial charge in [-0.15, -0.1) is 11.3 Å². The number of hydrogen-bond acceptors (Lipinski definition) is 5. The lowest BCUT2D eigenvalue weighted by Gasteiger charge is -2.29. The highest BCUT2D eigenvalue weighted by Gasteiger charge is 2.41. The maximum absolute atomic E-state index is 13.1. The summed E-state index contributed by atoms with van der Waals surface area (Å²) in [7, 11) is 0. The summed E-state index contributed by atoms with van der Waals surface area (Å²) in [6, 6.07) is -0.239. The first-order valence-corrected chi connectivity index (χ1v) is 11.4. The molecule has 0 bridgehead atoms. The molecule has 1 atom stereocenters. The summed E-state index contributed by atoms with van der Waals surface area (Å²) >= 11 is 1.50. The van der Waals surface area contributed by atoms with Gasteiger partial charge in [-0.3, -0.25) is 9.59 Å². The van der Waals surface area contributed by atoms with Gasteiger partial charge in [-0.1, -0.05) is 12.8 Å². The SMILES string of the molecule is CCOC(=O)c1c(NC(=O)[C@@H]2CCC(=O)N2C2CCCC2)sc2c1CCCC2. The second-order valence-corrected chi connectivity index (χ2v) is 9.02. The topological polar surface area (TPSA) is 75.7 Å². The van der Waals surface area contributed by atoms with Crippen LogP contribution in [0.25, 0.3) is 0 Å². The van der Waals surface area contributed by atoms with Gasteiger partial charge in [0.2, 0.25) is 11.8 Å². The van der Waals surface area contributed by atoms with E-state index in [1.165, 1.54) is 16.2 Å². The molecule has 28 heavy (non-hydrogen) atoms. The number of anilines is 1. The Bertz CT molecular complexity index is 782. The number of fused-ring (bicyclic) bond motifs is 1. The molecule has 0 aromatic carbocycles. The van der Waals surface area contributed by atoms with Gasteiger partial charge in [0.1, 0.15) is 11.0 Å². The summed E-state index contributed by atoms with van der Waals surface area (Å²) in [6.45, 7) is 2.10. The molecule has 2 heterocycles. The third kappa shape index (κ3) is 3.56. The number of esters is 1. The average Bonchev–Trinajstić information content (AvgIpc) is 3.39. The van der Waals surface area contributed by atoms with Crippen molar-refractivity contribution in [1.29, 1.82) is 0 Å². The van der Waals surface area contributed by atoms with Crippen LogP contribution in [0.3, 0.4) is 0 Å². The molecule has 1 aromatic heterocycles. The van der Waals surface area contributed by atoms with Crippen LogP contribution >= 0.6 is 11.3 Å². The van der Waals surface area contributed by atoms with E-state index >= 15 is 0 Å². The van der Waals surface area contributed by atoms with E-state index in [1.807, 2.05) is 4.90 Å². The van der Waals surface area contributed by atoms with E-state index in [1.54, 1.807) is 6.92 Å². The maximum atomic E-state index is 13.1. The van der Waals surface area contributed by atoms with Crippen molar-refractivity contribution in [3.05, 3.63) is 16.0 Å². The first-order valence-electron chi connectivity index (χ1n) is 10.5. The Hall–Kier alpha value is -1.89. The summed E-state index contributed by atoms with van der Waals surface area (Å²) in [4.78, 5) is 41.1. The molecule has 6 nitrogen and oxygen atoms in total. The Morgan fingerprint density at radius 3 is 2.61 bits per heavy atom. The minimum Gasteiger partial charge on any atom is -0.462 e. The highest BCUT2D eigenvalue weighted by molar-refractivity contribution is 7.17. The number of carbonyl (C=O) groups excluding carboxylic acids is 3. The Labute approximate surface area is 169 Å². The van der Waals surface area contributed by atoms with Gasteiger partial charge in [-0.25, -0.2) is 4.79 Å². The van der Waals surface area contributed by atoms with Gasteiger partial charge in [0, 0.05) is 17.3 Å². The van der Waals surface area contributed by atoms with Gasteiger partial charge in [0.05, 0.1) is 12.2 Å². The summed E-state index contributed by atoms with van der Waals surface area (Å²) < 4.78 is 5.27. The van der Waals surface area contributed by atoms with E-state index in [9.17, 15) is 14.4 Å². The Kier molecular flexibility index (Phi) is 5.71. The number of aryl methyl sites for hydroxylation is 1. The van der Waals surface area contributed by atoms with Crippen molar-refractivity contribution >= 4 is 34.1 Å². The highest BCUT2D eigenvalue weighted by Crippen LogP contribution is 2.39. The van der Waals surface area contributed by atoms with Crippen molar-refractivity contribution < 1.29 is 19.1 Å². The maximum Gasteiger partial charge on any atom is 0.341 e. The van der Waals surface area contributed by atoms with Crippen LogP contribution in [0.5, 0.6) is 0 Å². The number of likely N-dealkylation sites (tertiary alicyclic amines) is 1. The number of ether oxygens (including phenoxy) is 1. The van der Waals surface area contributed by atoms with Crippen molar-refractivity contribution in [3.63, 3.8) is 0 Å². The van der Waals surface area contributed by atoms with Gasteiger partial charge in [0.15, 0.2) is 0 Å². The van der Waals surface area contributed by atoms with Crippen LogP contribution in [0.1, 0.15) is 79.1 Å². The van der Waals surface area contributed by atoms with Crippen molar-refractivity contribution in [2.24, 2.45) is 0 Å². The Morgan fingerprint density at radius 1 is 1.11 bits per heavy atom. The van der Waals surface area contributed by atoms with Crippen molar-refractivity contribution in [1.82, 2.24) is 4.90 Å². The first kappa shape index (κ1) is 19.4. The van der Waals surface area contributed by atoms with E-state index in [0.717, 1.165) is 56.9 Å². The van der Waals surface area contributed by atoms with Crippen LogP contribution < -0.4 is 5.32 Å². The normalized spacial score (nSPS) is 22.4. The molecule has 1 saturated carbocycles. The number of hydrogen-bond donors (Lipinski definition) is 1. The minimum absolute atomic E-state index is 0.0862. The monoisotopic (exact) mass is 404 g/mol. The smallest absolute Gasteiger partial charge is 0.341 e. The number of thiophene rings is 1. The van der Waals surface area contributed by atoms with Crippen LogP contribution in [-0.2, 0) is 27.2 Å². The number of nitrogens with zero attached hydrogens (tertiary/aromatic N) is 1. The summed E-state index contributed by atoms with van der Waals surface area (Å²) in [6.07, 6.45) is 9.14. The van der Waals surface area contributed by atoms with Crippen molar-refractivity contribution in [2.45, 2.75) is 83.2 Å². The molecule has 0 spiro atoms. The quantitative estimate of drug-likeness (QED) is 0.760. The first-order chi connectivity index (χ1) is 13.6. The summed E-state index contributed by atoms with van der Waals surface area (Å²) in [5.74, 6) is -0.433. The molecule has 0 radical (unpaired) electrons. The van der Waals surface area contributed by atoms with Crippen LogP contribution in [0.15, 0.2) is 0 Å². The fourth-order valence-electron chi connectivity index (χ4n) is 4.87. The summed E-state index contributed by atoms with van der Waals surface area (Å²) in [5.41, 5.74) is 1.58. The third-order valence-corrected chi connectivity index (χ3v) is 7.37. The average molecular weight is 405 g/mol. The predicted molar refractivity (Wildman–Crippen MR) is 108 cm³/mol. The number of rotatable bonds is 5. The molecule has 1 saturated heterocycles. The largest absolute Gasteiger partial charge is 0.462 e. The fourth-order valence-corrected chi connectivity index (χ4v) is 6.15.